The Hall–Kier alpha value is -3.93. The summed E-state index contributed by atoms with van der Waals surface area (Å²) in [7, 11) is 1.62. The van der Waals surface area contributed by atoms with Crippen LogP contribution in [0.1, 0.15) is 5.56 Å². The minimum absolute atomic E-state index is 0.500. The van der Waals surface area contributed by atoms with Crippen LogP contribution in [-0.4, -0.2) is 66.6 Å². The third-order valence-corrected chi connectivity index (χ3v) is 6.00. The number of morpholine rings is 1. The summed E-state index contributed by atoms with van der Waals surface area (Å²) < 4.78 is 16.6. The highest BCUT2D eigenvalue weighted by molar-refractivity contribution is 5.99. The van der Waals surface area contributed by atoms with Gasteiger partial charge in [0, 0.05) is 36.1 Å². The van der Waals surface area contributed by atoms with Crippen molar-refractivity contribution < 1.29 is 14.2 Å². The average Bonchev–Trinajstić information content (AvgIpc) is 3.37. The van der Waals surface area contributed by atoms with Crippen LogP contribution in [-0.2, 0) is 4.74 Å². The van der Waals surface area contributed by atoms with Crippen molar-refractivity contribution in [1.29, 1.82) is 5.26 Å². The molecule has 2 aromatic heterocycles. The average molecular weight is 456 g/mol. The van der Waals surface area contributed by atoms with Gasteiger partial charge >= 0.3 is 0 Å². The van der Waals surface area contributed by atoms with E-state index in [4.69, 9.17) is 19.2 Å². The molecule has 0 unspecified atom stereocenters. The quantitative estimate of drug-likeness (QED) is 0.452. The number of methoxy groups -OCH3 is 1. The molecule has 4 aromatic rings. The van der Waals surface area contributed by atoms with Crippen molar-refractivity contribution in [3.63, 3.8) is 0 Å². The monoisotopic (exact) mass is 455 g/mol. The Balaban J connectivity index is 1.44. The first kappa shape index (κ1) is 21.9. The number of fused-ring (bicyclic) bond motifs is 1. The van der Waals surface area contributed by atoms with Crippen LogP contribution in [0, 0.1) is 11.3 Å². The number of ether oxygens (including phenoxy) is 3. The van der Waals surface area contributed by atoms with Crippen molar-refractivity contribution >= 4 is 11.0 Å². The molecule has 172 valence electrons. The molecular weight excluding hydrogens is 430 g/mol. The highest BCUT2D eigenvalue weighted by Crippen LogP contribution is 2.37. The second-order valence-corrected chi connectivity index (χ2v) is 8.01. The Labute approximate surface area is 197 Å². The van der Waals surface area contributed by atoms with Crippen molar-refractivity contribution in [2.24, 2.45) is 0 Å². The van der Waals surface area contributed by atoms with Crippen LogP contribution in [0.5, 0.6) is 11.5 Å². The number of hydrogen-bond donors (Lipinski definition) is 1. The molecule has 0 radical (unpaired) electrons. The SMILES string of the molecule is COc1ccc(-c2nc3[nH]ncc3c(-c3ccc(OCCN4CCOCC4)cc3)c2C#N)cc1. The number of aromatic amines is 1. The fourth-order valence-electron chi connectivity index (χ4n) is 4.17. The maximum Gasteiger partial charge on any atom is 0.156 e. The molecule has 34 heavy (non-hydrogen) atoms. The number of rotatable bonds is 7. The second kappa shape index (κ2) is 9.91. The minimum atomic E-state index is 0.500. The maximum absolute atomic E-state index is 10.1. The molecule has 1 saturated heterocycles. The predicted molar refractivity (Wildman–Crippen MR) is 129 cm³/mol. The molecule has 1 fully saturated rings. The highest BCUT2D eigenvalue weighted by atomic mass is 16.5. The molecule has 1 aliphatic rings. The summed E-state index contributed by atoms with van der Waals surface area (Å²) in [5.41, 5.74) is 4.26. The van der Waals surface area contributed by atoms with Gasteiger partial charge in [-0.15, -0.1) is 0 Å². The Bertz CT molecular complexity index is 1300. The number of nitrogens with zero attached hydrogens (tertiary/aromatic N) is 4. The standard InChI is InChI=1S/C26H25N5O3/c1-32-20-6-4-19(5-7-20)25-22(16-27)24(23-17-28-30-26(23)29-25)18-2-8-21(9-3-18)34-15-12-31-10-13-33-14-11-31/h2-9,17H,10-15H2,1H3,(H,28,29,30). The summed E-state index contributed by atoms with van der Waals surface area (Å²) in [5.74, 6) is 1.54. The largest absolute Gasteiger partial charge is 0.497 e. The van der Waals surface area contributed by atoms with E-state index in [9.17, 15) is 5.26 Å². The molecule has 3 heterocycles. The van der Waals surface area contributed by atoms with Gasteiger partial charge < -0.3 is 14.2 Å². The van der Waals surface area contributed by atoms with Gasteiger partial charge in [-0.25, -0.2) is 4.98 Å². The second-order valence-electron chi connectivity index (χ2n) is 8.01. The van der Waals surface area contributed by atoms with Gasteiger partial charge in [-0.3, -0.25) is 10.00 Å². The van der Waals surface area contributed by atoms with Gasteiger partial charge in [-0.1, -0.05) is 12.1 Å². The van der Waals surface area contributed by atoms with Gasteiger partial charge in [0.25, 0.3) is 0 Å². The van der Waals surface area contributed by atoms with Crippen LogP contribution < -0.4 is 9.47 Å². The maximum atomic E-state index is 10.1. The number of H-pyrrole nitrogens is 1. The van der Waals surface area contributed by atoms with Crippen molar-refractivity contribution in [3.05, 3.63) is 60.3 Å². The lowest BCUT2D eigenvalue weighted by Crippen LogP contribution is -2.38. The smallest absolute Gasteiger partial charge is 0.156 e. The normalized spacial score (nSPS) is 14.1. The molecule has 1 aliphatic heterocycles. The minimum Gasteiger partial charge on any atom is -0.497 e. The molecule has 0 aliphatic carbocycles. The van der Waals surface area contributed by atoms with Crippen molar-refractivity contribution in [1.82, 2.24) is 20.1 Å². The number of benzene rings is 2. The van der Waals surface area contributed by atoms with E-state index < -0.39 is 0 Å². The van der Waals surface area contributed by atoms with Crippen LogP contribution >= 0.6 is 0 Å². The lowest BCUT2D eigenvalue weighted by atomic mass is 9.94. The topological polar surface area (TPSA) is 96.3 Å². The van der Waals surface area contributed by atoms with E-state index in [1.54, 1.807) is 13.3 Å². The molecule has 8 heteroatoms. The Kier molecular flexibility index (Phi) is 6.38. The highest BCUT2D eigenvalue weighted by Gasteiger charge is 2.19. The van der Waals surface area contributed by atoms with Crippen molar-refractivity contribution in [3.8, 4) is 40.0 Å². The van der Waals surface area contributed by atoms with E-state index in [1.807, 2.05) is 48.5 Å². The third-order valence-electron chi connectivity index (χ3n) is 6.00. The fourth-order valence-corrected chi connectivity index (χ4v) is 4.17. The molecule has 1 N–H and O–H groups in total. The van der Waals surface area contributed by atoms with Gasteiger partial charge in [0.05, 0.1) is 37.8 Å². The summed E-state index contributed by atoms with van der Waals surface area (Å²) in [6.07, 6.45) is 1.71. The predicted octanol–water partition coefficient (Wildman–Crippen LogP) is 3.88. The molecule has 0 spiro atoms. The van der Waals surface area contributed by atoms with Crippen molar-refractivity contribution in [2.45, 2.75) is 0 Å². The molecule has 0 amide bonds. The molecule has 8 nitrogen and oxygen atoms in total. The summed E-state index contributed by atoms with van der Waals surface area (Å²) >= 11 is 0. The summed E-state index contributed by atoms with van der Waals surface area (Å²) in [4.78, 5) is 7.04. The molecule has 0 saturated carbocycles. The van der Waals surface area contributed by atoms with Gasteiger partial charge in [0.15, 0.2) is 5.65 Å². The number of nitriles is 1. The van der Waals surface area contributed by atoms with Gasteiger partial charge in [-0.2, -0.15) is 10.4 Å². The Morgan fingerprint density at radius 2 is 1.74 bits per heavy atom. The number of hydrogen-bond acceptors (Lipinski definition) is 7. The first-order valence-electron chi connectivity index (χ1n) is 11.2. The fraction of sp³-hybridized carbons (Fsp3) is 0.269. The van der Waals surface area contributed by atoms with E-state index in [0.717, 1.165) is 66.4 Å². The van der Waals surface area contributed by atoms with E-state index in [2.05, 4.69) is 21.2 Å². The summed E-state index contributed by atoms with van der Waals surface area (Å²) in [6, 6.07) is 17.7. The zero-order valence-corrected chi connectivity index (χ0v) is 19.0. The molecule has 2 aromatic carbocycles. The van der Waals surface area contributed by atoms with Crippen LogP contribution in [0.2, 0.25) is 0 Å². The van der Waals surface area contributed by atoms with E-state index in [1.165, 1.54) is 0 Å². The lowest BCUT2D eigenvalue weighted by Gasteiger charge is -2.26. The van der Waals surface area contributed by atoms with Crippen LogP contribution in [0.3, 0.4) is 0 Å². The van der Waals surface area contributed by atoms with Gasteiger partial charge in [0.1, 0.15) is 24.2 Å². The zero-order valence-electron chi connectivity index (χ0n) is 19.0. The molecule has 0 atom stereocenters. The summed E-state index contributed by atoms with van der Waals surface area (Å²) in [6.45, 7) is 4.93. The molecule has 5 rings (SSSR count). The first-order chi connectivity index (χ1) is 16.8. The third kappa shape index (κ3) is 4.44. The number of pyridine rings is 1. The van der Waals surface area contributed by atoms with Crippen LogP contribution in [0.15, 0.2) is 54.7 Å². The molecular formula is C26H25N5O3. The number of nitrogens with one attached hydrogen (secondary N) is 1. The Morgan fingerprint density at radius 3 is 2.44 bits per heavy atom. The van der Waals surface area contributed by atoms with Crippen LogP contribution in [0.4, 0.5) is 0 Å². The first-order valence-corrected chi connectivity index (χ1v) is 11.2. The van der Waals surface area contributed by atoms with Crippen molar-refractivity contribution in [2.75, 3.05) is 46.6 Å². The number of aromatic nitrogens is 3. The Morgan fingerprint density at radius 1 is 1.03 bits per heavy atom. The molecule has 0 bridgehead atoms. The van der Waals surface area contributed by atoms with E-state index >= 15 is 0 Å². The zero-order chi connectivity index (χ0) is 23.3. The van der Waals surface area contributed by atoms with E-state index in [0.29, 0.717) is 23.5 Å². The summed E-state index contributed by atoms with van der Waals surface area (Å²) in [5, 5.41) is 18.1. The van der Waals surface area contributed by atoms with Crippen LogP contribution in [0.25, 0.3) is 33.4 Å². The van der Waals surface area contributed by atoms with Gasteiger partial charge in [-0.05, 0) is 42.0 Å². The van der Waals surface area contributed by atoms with E-state index in [-0.39, 0.29) is 0 Å². The lowest BCUT2D eigenvalue weighted by molar-refractivity contribution is 0.0322. The van der Waals surface area contributed by atoms with Gasteiger partial charge in [0.2, 0.25) is 0 Å².